The van der Waals surface area contributed by atoms with Gasteiger partial charge in [0.25, 0.3) is 0 Å². The zero-order valence-electron chi connectivity index (χ0n) is 16.9. The molecule has 6 heteroatoms. The van der Waals surface area contributed by atoms with Crippen molar-refractivity contribution < 1.29 is 5.11 Å². The Balaban J connectivity index is 1.75. The van der Waals surface area contributed by atoms with Crippen LogP contribution in [0.5, 0.6) is 0 Å². The monoisotopic (exact) mass is 452 g/mol. The molecule has 3 nitrogen and oxygen atoms in total. The summed E-state index contributed by atoms with van der Waals surface area (Å²) in [4.78, 5) is 5.95. The van der Waals surface area contributed by atoms with E-state index in [9.17, 15) is 10.4 Å². The summed E-state index contributed by atoms with van der Waals surface area (Å²) in [7, 11) is 0. The molecule has 0 aliphatic heterocycles. The van der Waals surface area contributed by atoms with Crippen molar-refractivity contribution in [3.05, 3.63) is 59.5 Å². The van der Waals surface area contributed by atoms with E-state index in [-0.39, 0.29) is 5.25 Å². The van der Waals surface area contributed by atoms with Gasteiger partial charge >= 0.3 is 0 Å². The molecule has 1 aromatic carbocycles. The fraction of sp³-hybridized carbons (Fsp3) is 0.333. The number of hydrogen-bond donors (Lipinski definition) is 1. The Labute approximate surface area is 190 Å². The Kier molecular flexibility index (Phi) is 6.84. The van der Waals surface area contributed by atoms with Gasteiger partial charge in [0.2, 0.25) is 0 Å². The van der Waals surface area contributed by atoms with Crippen LogP contribution in [0.4, 0.5) is 0 Å². The lowest BCUT2D eigenvalue weighted by atomic mass is 9.86. The molecule has 2 heterocycles. The molecular weight excluding hydrogens is 428 g/mol. The van der Waals surface area contributed by atoms with Crippen molar-refractivity contribution in [2.45, 2.75) is 41.6 Å². The number of nitrogens with zero attached hydrogens (tertiary/aromatic N) is 2. The van der Waals surface area contributed by atoms with Gasteiger partial charge in [-0.05, 0) is 42.2 Å². The first-order valence-electron chi connectivity index (χ1n) is 10.1. The molecule has 2 atom stereocenters. The zero-order chi connectivity index (χ0) is 21.0. The highest BCUT2D eigenvalue weighted by Crippen LogP contribution is 2.41. The van der Waals surface area contributed by atoms with Crippen LogP contribution in [-0.4, -0.2) is 33.0 Å². The van der Waals surface area contributed by atoms with Crippen LogP contribution in [0, 0.1) is 11.3 Å². The third kappa shape index (κ3) is 4.45. The molecule has 0 bridgehead atoms. The molecule has 3 aromatic rings. The van der Waals surface area contributed by atoms with Gasteiger partial charge in [-0.1, -0.05) is 49.2 Å². The van der Waals surface area contributed by atoms with E-state index in [4.69, 9.17) is 4.98 Å². The number of aromatic nitrogens is 1. The number of aliphatic hydroxyl groups is 1. The fourth-order valence-electron chi connectivity index (χ4n) is 4.02. The summed E-state index contributed by atoms with van der Waals surface area (Å²) in [5.74, 6) is 0.558. The predicted octanol–water partition coefficient (Wildman–Crippen LogP) is 6.48. The van der Waals surface area contributed by atoms with Crippen LogP contribution in [-0.2, 0) is 0 Å². The molecule has 1 N–H and O–H groups in total. The van der Waals surface area contributed by atoms with Gasteiger partial charge < -0.3 is 5.11 Å². The van der Waals surface area contributed by atoms with Crippen molar-refractivity contribution in [1.82, 2.24) is 4.98 Å². The summed E-state index contributed by atoms with van der Waals surface area (Å²) < 4.78 is 0. The second-order valence-electron chi connectivity index (χ2n) is 7.55. The topological polar surface area (TPSA) is 56.9 Å². The first-order chi connectivity index (χ1) is 14.6. The van der Waals surface area contributed by atoms with Crippen molar-refractivity contribution in [2.24, 2.45) is 0 Å². The van der Waals surface area contributed by atoms with Crippen LogP contribution >= 0.6 is 34.9 Å². The normalized spacial score (nSPS) is 21.3. The molecule has 30 heavy (non-hydrogen) atoms. The van der Waals surface area contributed by atoms with E-state index < -0.39 is 5.60 Å². The largest absolute Gasteiger partial charge is 0.388 e. The Bertz CT molecular complexity index is 1030. The molecular formula is C24H24N2OS3. The molecule has 2 unspecified atom stereocenters. The minimum atomic E-state index is -0.720. The lowest BCUT2D eigenvalue weighted by Crippen LogP contribution is -2.45. The Morgan fingerprint density at radius 1 is 1.23 bits per heavy atom. The molecule has 1 aliphatic rings. The molecule has 1 fully saturated rings. The number of thioether (sulfide) groups is 2. The highest BCUT2D eigenvalue weighted by atomic mass is 32.2. The highest BCUT2D eigenvalue weighted by Gasteiger charge is 2.38. The molecule has 0 amide bonds. The average Bonchev–Trinajstić information content (AvgIpc) is 3.33. The first-order valence-corrected chi connectivity index (χ1v) is 13.2. The van der Waals surface area contributed by atoms with E-state index in [0.29, 0.717) is 16.3 Å². The molecule has 0 radical (unpaired) electrons. The van der Waals surface area contributed by atoms with E-state index in [2.05, 4.69) is 18.4 Å². The number of hydrogen-bond acceptors (Lipinski definition) is 6. The minimum absolute atomic E-state index is 0.235. The van der Waals surface area contributed by atoms with Gasteiger partial charge in [0, 0.05) is 16.6 Å². The van der Waals surface area contributed by atoms with Crippen molar-refractivity contribution in [1.29, 1.82) is 5.26 Å². The molecule has 1 saturated carbocycles. The maximum atomic E-state index is 11.3. The molecule has 2 aromatic heterocycles. The number of nitriles is 1. The maximum absolute atomic E-state index is 11.3. The van der Waals surface area contributed by atoms with E-state index in [1.54, 1.807) is 23.1 Å². The summed E-state index contributed by atoms with van der Waals surface area (Å²) >= 11 is 4.92. The SMILES string of the molecule is CSC1CCCCC1(O)CSc1nc(-c2cccs2)cc(-c2ccccc2)c1C#N. The summed E-state index contributed by atoms with van der Waals surface area (Å²) in [6.45, 7) is 0. The first kappa shape index (κ1) is 21.5. The van der Waals surface area contributed by atoms with Crippen LogP contribution in [0.25, 0.3) is 21.7 Å². The highest BCUT2D eigenvalue weighted by molar-refractivity contribution is 8.00. The Morgan fingerprint density at radius 2 is 2.07 bits per heavy atom. The van der Waals surface area contributed by atoms with Crippen molar-refractivity contribution in [3.63, 3.8) is 0 Å². The maximum Gasteiger partial charge on any atom is 0.115 e. The molecule has 0 spiro atoms. The van der Waals surface area contributed by atoms with E-state index in [0.717, 1.165) is 41.0 Å². The van der Waals surface area contributed by atoms with Gasteiger partial charge in [-0.2, -0.15) is 17.0 Å². The third-order valence-corrected chi connectivity index (χ3v) is 8.97. The van der Waals surface area contributed by atoms with Gasteiger partial charge in [0.05, 0.1) is 21.7 Å². The summed E-state index contributed by atoms with van der Waals surface area (Å²) in [6.07, 6.45) is 6.16. The number of rotatable bonds is 6. The molecule has 154 valence electrons. The fourth-order valence-corrected chi connectivity index (χ4v) is 7.05. The van der Waals surface area contributed by atoms with Crippen molar-refractivity contribution in [3.8, 4) is 27.8 Å². The number of benzene rings is 1. The molecule has 4 rings (SSSR count). The van der Waals surface area contributed by atoms with Crippen LogP contribution in [0.1, 0.15) is 31.2 Å². The molecule has 0 saturated heterocycles. The summed E-state index contributed by atoms with van der Waals surface area (Å²) in [5, 5.41) is 24.3. The zero-order valence-corrected chi connectivity index (χ0v) is 19.3. The Morgan fingerprint density at radius 3 is 2.77 bits per heavy atom. The number of pyridine rings is 1. The second kappa shape index (κ2) is 9.57. The smallest absolute Gasteiger partial charge is 0.115 e. The van der Waals surface area contributed by atoms with Crippen molar-refractivity contribution in [2.75, 3.05) is 12.0 Å². The third-order valence-electron chi connectivity index (χ3n) is 5.63. The lowest BCUT2D eigenvalue weighted by Gasteiger charge is -2.38. The average molecular weight is 453 g/mol. The van der Waals surface area contributed by atoms with Gasteiger partial charge in [-0.15, -0.1) is 23.1 Å². The Hall–Kier alpha value is -1.78. The van der Waals surface area contributed by atoms with E-state index >= 15 is 0 Å². The molecule has 1 aliphatic carbocycles. The van der Waals surface area contributed by atoms with Gasteiger partial charge in [-0.3, -0.25) is 0 Å². The van der Waals surface area contributed by atoms with Gasteiger partial charge in [0.1, 0.15) is 11.1 Å². The van der Waals surface area contributed by atoms with Gasteiger partial charge in [0.15, 0.2) is 0 Å². The van der Waals surface area contributed by atoms with E-state index in [1.807, 2.05) is 47.8 Å². The summed E-state index contributed by atoms with van der Waals surface area (Å²) in [6, 6.07) is 18.5. The minimum Gasteiger partial charge on any atom is -0.388 e. The predicted molar refractivity (Wildman–Crippen MR) is 129 cm³/mol. The van der Waals surface area contributed by atoms with Crippen molar-refractivity contribution >= 4 is 34.9 Å². The van der Waals surface area contributed by atoms with Crippen LogP contribution in [0.2, 0.25) is 0 Å². The van der Waals surface area contributed by atoms with E-state index in [1.165, 1.54) is 18.2 Å². The summed E-state index contributed by atoms with van der Waals surface area (Å²) in [5.41, 5.74) is 2.65. The second-order valence-corrected chi connectivity index (χ2v) is 10.5. The quantitative estimate of drug-likeness (QED) is 0.434. The lowest BCUT2D eigenvalue weighted by molar-refractivity contribution is 0.0340. The van der Waals surface area contributed by atoms with Crippen LogP contribution in [0.3, 0.4) is 0 Å². The van der Waals surface area contributed by atoms with Gasteiger partial charge in [-0.25, -0.2) is 4.98 Å². The number of thiophene rings is 1. The standard InChI is InChI=1S/C24H24N2OS3/c1-28-22-11-5-6-12-24(22,27)16-30-23-19(15-25)18(17-8-3-2-4-9-17)14-20(26-23)21-10-7-13-29-21/h2-4,7-10,13-14,22,27H,5-6,11-12,16H2,1H3. The van der Waals surface area contributed by atoms with Crippen LogP contribution < -0.4 is 0 Å². The van der Waals surface area contributed by atoms with Crippen LogP contribution in [0.15, 0.2) is 58.9 Å².